The summed E-state index contributed by atoms with van der Waals surface area (Å²) in [6.45, 7) is 1.69. The maximum Gasteiger partial charge on any atom is 0.207 e. The van der Waals surface area contributed by atoms with Crippen LogP contribution < -0.4 is 10.2 Å². The Kier molecular flexibility index (Phi) is 4.55. The molecule has 0 aliphatic rings. The molecule has 0 saturated carbocycles. The molecule has 0 fully saturated rings. The normalized spacial score (nSPS) is 9.50. The maximum absolute atomic E-state index is 9.99. The lowest BCUT2D eigenvalue weighted by atomic mass is 10.3. The van der Waals surface area contributed by atoms with E-state index < -0.39 is 0 Å². The maximum atomic E-state index is 9.99. The van der Waals surface area contributed by atoms with E-state index in [0.717, 1.165) is 25.9 Å². The predicted octanol–water partition coefficient (Wildman–Crippen LogP) is 1.26. The van der Waals surface area contributed by atoms with Gasteiger partial charge in [0.1, 0.15) is 0 Å². The second-order valence-electron chi connectivity index (χ2n) is 3.18. The molecule has 3 nitrogen and oxygen atoms in total. The molecule has 0 heterocycles. The fourth-order valence-electron chi connectivity index (χ4n) is 1.29. The Bertz CT molecular complexity index is 261. The SMILES string of the molecule is CN(CCCNC=O)c1ccccc1. The number of carbonyl (C=O) groups excluding carboxylic acids is 1. The molecule has 0 bridgehead atoms. The molecule has 0 aliphatic carbocycles. The van der Waals surface area contributed by atoms with Crippen molar-refractivity contribution in [2.24, 2.45) is 0 Å². The van der Waals surface area contributed by atoms with Gasteiger partial charge >= 0.3 is 0 Å². The lowest BCUT2D eigenvalue weighted by molar-refractivity contribution is -0.109. The molecule has 0 saturated heterocycles. The summed E-state index contributed by atoms with van der Waals surface area (Å²) < 4.78 is 0. The number of hydrogen-bond acceptors (Lipinski definition) is 2. The highest BCUT2D eigenvalue weighted by Gasteiger charge is 1.97. The Balaban J connectivity index is 2.28. The summed E-state index contributed by atoms with van der Waals surface area (Å²) in [6.07, 6.45) is 1.70. The second kappa shape index (κ2) is 6.02. The van der Waals surface area contributed by atoms with Crippen molar-refractivity contribution in [2.45, 2.75) is 6.42 Å². The van der Waals surface area contributed by atoms with Gasteiger partial charge in [-0.2, -0.15) is 0 Å². The number of nitrogens with one attached hydrogen (secondary N) is 1. The Morgan fingerprint density at radius 2 is 2.07 bits per heavy atom. The van der Waals surface area contributed by atoms with Crippen LogP contribution in [0.5, 0.6) is 0 Å². The van der Waals surface area contributed by atoms with Gasteiger partial charge in [0.25, 0.3) is 0 Å². The zero-order valence-electron chi connectivity index (χ0n) is 8.44. The van der Waals surface area contributed by atoms with Crippen LogP contribution in [0, 0.1) is 0 Å². The van der Waals surface area contributed by atoms with Crippen LogP contribution in [-0.2, 0) is 4.79 Å². The molecule has 1 aromatic rings. The molecule has 0 aromatic heterocycles. The average molecular weight is 192 g/mol. The van der Waals surface area contributed by atoms with E-state index in [4.69, 9.17) is 0 Å². The molecule has 1 N–H and O–H groups in total. The average Bonchev–Trinajstić information content (AvgIpc) is 2.25. The molecular weight excluding hydrogens is 176 g/mol. The van der Waals surface area contributed by atoms with Crippen LogP contribution in [0.25, 0.3) is 0 Å². The van der Waals surface area contributed by atoms with E-state index in [2.05, 4.69) is 29.4 Å². The zero-order chi connectivity index (χ0) is 10.2. The number of rotatable bonds is 6. The fraction of sp³-hybridized carbons (Fsp3) is 0.364. The summed E-state index contributed by atoms with van der Waals surface area (Å²) >= 11 is 0. The Hall–Kier alpha value is -1.51. The number of hydrogen-bond donors (Lipinski definition) is 1. The Morgan fingerprint density at radius 1 is 1.36 bits per heavy atom. The first-order valence-electron chi connectivity index (χ1n) is 4.78. The summed E-state index contributed by atoms with van der Waals surface area (Å²) in [5, 5.41) is 2.65. The van der Waals surface area contributed by atoms with Crippen molar-refractivity contribution < 1.29 is 4.79 Å². The largest absolute Gasteiger partial charge is 0.375 e. The van der Waals surface area contributed by atoms with E-state index in [1.165, 1.54) is 5.69 Å². The van der Waals surface area contributed by atoms with Gasteiger partial charge in [0.15, 0.2) is 0 Å². The quantitative estimate of drug-likeness (QED) is 0.543. The van der Waals surface area contributed by atoms with Gasteiger partial charge in [-0.3, -0.25) is 4.79 Å². The fourth-order valence-corrected chi connectivity index (χ4v) is 1.29. The first-order chi connectivity index (χ1) is 6.84. The molecule has 3 heteroatoms. The van der Waals surface area contributed by atoms with Crippen molar-refractivity contribution >= 4 is 12.1 Å². The summed E-state index contributed by atoms with van der Waals surface area (Å²) in [6, 6.07) is 10.2. The van der Waals surface area contributed by atoms with E-state index in [1.54, 1.807) is 0 Å². The van der Waals surface area contributed by atoms with Crippen molar-refractivity contribution in [1.82, 2.24) is 5.32 Å². The van der Waals surface area contributed by atoms with Crippen molar-refractivity contribution in [3.05, 3.63) is 30.3 Å². The summed E-state index contributed by atoms with van der Waals surface area (Å²) in [5.41, 5.74) is 1.21. The van der Waals surface area contributed by atoms with Crippen LogP contribution in [0.3, 0.4) is 0 Å². The molecule has 1 amide bonds. The standard InChI is InChI=1S/C11H16N2O/c1-13(9-5-8-12-10-14)11-6-3-2-4-7-11/h2-4,6-7,10H,5,8-9H2,1H3,(H,12,14). The lowest BCUT2D eigenvalue weighted by Crippen LogP contribution is -2.22. The van der Waals surface area contributed by atoms with Gasteiger partial charge in [0, 0.05) is 25.8 Å². The Labute approximate surface area is 84.7 Å². The van der Waals surface area contributed by atoms with Crippen LogP contribution in [0.1, 0.15) is 6.42 Å². The first-order valence-corrected chi connectivity index (χ1v) is 4.78. The minimum absolute atomic E-state index is 0.737. The summed E-state index contributed by atoms with van der Waals surface area (Å²) in [5.74, 6) is 0. The molecule has 0 aliphatic heterocycles. The van der Waals surface area contributed by atoms with Crippen LogP contribution in [0.4, 0.5) is 5.69 Å². The minimum Gasteiger partial charge on any atom is -0.375 e. The topological polar surface area (TPSA) is 32.3 Å². The van der Waals surface area contributed by atoms with E-state index >= 15 is 0 Å². The Morgan fingerprint density at radius 3 is 2.71 bits per heavy atom. The van der Waals surface area contributed by atoms with Crippen LogP contribution in [0.2, 0.25) is 0 Å². The van der Waals surface area contributed by atoms with Crippen LogP contribution >= 0.6 is 0 Å². The van der Waals surface area contributed by atoms with Crippen LogP contribution in [0.15, 0.2) is 30.3 Å². The first kappa shape index (κ1) is 10.6. The van der Waals surface area contributed by atoms with Gasteiger partial charge < -0.3 is 10.2 Å². The van der Waals surface area contributed by atoms with Crippen molar-refractivity contribution in [3.8, 4) is 0 Å². The summed E-state index contributed by atoms with van der Waals surface area (Å²) in [4.78, 5) is 12.2. The van der Waals surface area contributed by atoms with Gasteiger partial charge in [-0.05, 0) is 18.6 Å². The molecule has 0 atom stereocenters. The number of amides is 1. The number of nitrogens with zero attached hydrogens (tertiary/aromatic N) is 1. The lowest BCUT2D eigenvalue weighted by Gasteiger charge is -2.18. The van der Waals surface area contributed by atoms with Gasteiger partial charge in [0.05, 0.1) is 0 Å². The smallest absolute Gasteiger partial charge is 0.207 e. The second-order valence-corrected chi connectivity index (χ2v) is 3.18. The monoisotopic (exact) mass is 192 g/mol. The molecule has 1 aromatic carbocycles. The van der Waals surface area contributed by atoms with E-state index in [-0.39, 0.29) is 0 Å². The van der Waals surface area contributed by atoms with Gasteiger partial charge in [0.2, 0.25) is 6.41 Å². The number of para-hydroxylation sites is 1. The molecule has 76 valence electrons. The molecule has 0 spiro atoms. The molecular formula is C11H16N2O. The predicted molar refractivity (Wildman–Crippen MR) is 58.4 cm³/mol. The van der Waals surface area contributed by atoms with Gasteiger partial charge in [-0.25, -0.2) is 0 Å². The zero-order valence-corrected chi connectivity index (χ0v) is 8.44. The van der Waals surface area contributed by atoms with Crippen molar-refractivity contribution in [2.75, 3.05) is 25.0 Å². The minimum atomic E-state index is 0.737. The molecule has 0 radical (unpaired) electrons. The highest BCUT2D eigenvalue weighted by atomic mass is 16.1. The third kappa shape index (κ3) is 3.47. The third-order valence-electron chi connectivity index (χ3n) is 2.09. The highest BCUT2D eigenvalue weighted by molar-refractivity contribution is 5.46. The number of anilines is 1. The van der Waals surface area contributed by atoms with Gasteiger partial charge in [-0.1, -0.05) is 18.2 Å². The number of carbonyl (C=O) groups is 1. The third-order valence-corrected chi connectivity index (χ3v) is 2.09. The van der Waals surface area contributed by atoms with E-state index in [9.17, 15) is 4.79 Å². The van der Waals surface area contributed by atoms with Crippen molar-refractivity contribution in [1.29, 1.82) is 0 Å². The van der Waals surface area contributed by atoms with Crippen molar-refractivity contribution in [3.63, 3.8) is 0 Å². The van der Waals surface area contributed by atoms with Gasteiger partial charge in [-0.15, -0.1) is 0 Å². The molecule has 1 rings (SSSR count). The summed E-state index contributed by atoms with van der Waals surface area (Å²) in [7, 11) is 2.05. The van der Waals surface area contributed by atoms with E-state index in [0.29, 0.717) is 0 Å². The molecule has 0 unspecified atom stereocenters. The van der Waals surface area contributed by atoms with Crippen LogP contribution in [-0.4, -0.2) is 26.5 Å². The highest BCUT2D eigenvalue weighted by Crippen LogP contribution is 2.10. The molecule has 14 heavy (non-hydrogen) atoms. The van der Waals surface area contributed by atoms with E-state index in [1.807, 2.05) is 18.2 Å². The number of benzene rings is 1.